The Bertz CT molecular complexity index is 1400. The number of alkyl halides is 5. The number of hydrogen-bond acceptors (Lipinski definition) is 6. The number of ether oxygens (including phenoxy) is 2. The second kappa shape index (κ2) is 8.38. The molecule has 0 fully saturated rings. The van der Waals surface area contributed by atoms with Gasteiger partial charge in [-0.1, -0.05) is 31.2 Å². The van der Waals surface area contributed by atoms with Crippen LogP contribution in [0, 0.1) is 5.92 Å². The van der Waals surface area contributed by atoms with Crippen molar-refractivity contribution in [2.45, 2.75) is 19.4 Å². The molecule has 5 rings (SSSR count). The molecule has 0 saturated carbocycles. The van der Waals surface area contributed by atoms with Crippen molar-refractivity contribution in [2.75, 3.05) is 6.61 Å². The molecule has 0 N–H and O–H groups in total. The molecular formula is C23H16F5N5O2. The zero-order valence-corrected chi connectivity index (χ0v) is 18.0. The zero-order valence-electron chi connectivity index (χ0n) is 18.0. The van der Waals surface area contributed by atoms with E-state index in [2.05, 4.69) is 25.2 Å². The fraction of sp³-hybridized carbons (Fsp3) is 0.217. The summed E-state index contributed by atoms with van der Waals surface area (Å²) >= 11 is 0. The summed E-state index contributed by atoms with van der Waals surface area (Å²) in [4.78, 5) is 0. The molecule has 1 unspecified atom stereocenters. The second-order valence-corrected chi connectivity index (χ2v) is 7.83. The summed E-state index contributed by atoms with van der Waals surface area (Å²) in [6.07, 6.45) is -1.79. The maximum atomic E-state index is 15.0. The summed E-state index contributed by atoms with van der Waals surface area (Å²) in [6, 6.07) is 8.07. The first-order valence-corrected chi connectivity index (χ1v) is 10.4. The first-order valence-electron chi connectivity index (χ1n) is 10.4. The van der Waals surface area contributed by atoms with E-state index >= 15 is 8.78 Å². The molecule has 1 aliphatic heterocycles. The summed E-state index contributed by atoms with van der Waals surface area (Å²) < 4.78 is 77.1. The maximum Gasteiger partial charge on any atom is 0.573 e. The highest BCUT2D eigenvalue weighted by Crippen LogP contribution is 2.37. The Morgan fingerprint density at radius 1 is 0.943 bits per heavy atom. The van der Waals surface area contributed by atoms with E-state index in [1.807, 2.05) is 19.1 Å². The van der Waals surface area contributed by atoms with Crippen molar-refractivity contribution in [1.82, 2.24) is 14.6 Å². The Hall–Kier alpha value is -3.93. The van der Waals surface area contributed by atoms with Crippen molar-refractivity contribution in [3.8, 4) is 16.9 Å². The molecule has 12 heteroatoms. The highest BCUT2D eigenvalue weighted by molar-refractivity contribution is 5.65. The van der Waals surface area contributed by atoms with Crippen LogP contribution in [-0.2, 0) is 10.8 Å². The van der Waals surface area contributed by atoms with Gasteiger partial charge in [0.15, 0.2) is 5.65 Å². The van der Waals surface area contributed by atoms with E-state index < -0.39 is 30.7 Å². The van der Waals surface area contributed by atoms with Crippen molar-refractivity contribution in [1.29, 1.82) is 0 Å². The lowest BCUT2D eigenvalue weighted by atomic mass is 9.93. The number of halogens is 5. The van der Waals surface area contributed by atoms with Crippen LogP contribution >= 0.6 is 0 Å². The van der Waals surface area contributed by atoms with Gasteiger partial charge in [0, 0.05) is 17.7 Å². The third kappa shape index (κ3) is 4.56. The lowest BCUT2D eigenvalue weighted by Crippen LogP contribution is -2.23. The van der Waals surface area contributed by atoms with Crippen LogP contribution < -0.4 is 4.74 Å². The highest BCUT2D eigenvalue weighted by atomic mass is 19.4. The summed E-state index contributed by atoms with van der Waals surface area (Å²) in [5.74, 6) is -1.19. The number of nitrogens with zero attached hydrogens (tertiary/aromatic N) is 5. The molecule has 180 valence electrons. The van der Waals surface area contributed by atoms with E-state index in [0.29, 0.717) is 22.5 Å². The minimum atomic E-state index is -4.82. The SMILES string of the molecule is CC1C=CC=C2N=NC(COC(F)(F)c3nnc4ccc(-c5ccc(OC(F)(F)F)cc5)cn34)=C21. The molecule has 2 aromatic heterocycles. The van der Waals surface area contributed by atoms with Crippen LogP contribution in [0.2, 0.25) is 0 Å². The number of benzene rings is 1. The van der Waals surface area contributed by atoms with Gasteiger partial charge in [0.05, 0.1) is 18.0 Å². The van der Waals surface area contributed by atoms with E-state index in [9.17, 15) is 13.2 Å². The van der Waals surface area contributed by atoms with E-state index in [1.54, 1.807) is 12.1 Å². The molecule has 1 aromatic carbocycles. The van der Waals surface area contributed by atoms with Crippen molar-refractivity contribution in [2.24, 2.45) is 16.1 Å². The third-order valence-corrected chi connectivity index (χ3v) is 5.45. The lowest BCUT2D eigenvalue weighted by Gasteiger charge is -2.17. The van der Waals surface area contributed by atoms with Gasteiger partial charge in [-0.25, -0.2) is 0 Å². The largest absolute Gasteiger partial charge is 0.573 e. The molecule has 0 bridgehead atoms. The minimum Gasteiger partial charge on any atom is -0.406 e. The monoisotopic (exact) mass is 489 g/mol. The van der Waals surface area contributed by atoms with Crippen LogP contribution in [0.3, 0.4) is 0 Å². The van der Waals surface area contributed by atoms with Crippen molar-refractivity contribution in [3.05, 3.63) is 83.6 Å². The number of aromatic nitrogens is 3. The molecule has 1 aliphatic carbocycles. The van der Waals surface area contributed by atoms with E-state index in [1.165, 1.54) is 24.4 Å². The van der Waals surface area contributed by atoms with E-state index in [-0.39, 0.29) is 11.6 Å². The smallest absolute Gasteiger partial charge is 0.406 e. The predicted octanol–water partition coefficient (Wildman–Crippen LogP) is 6.17. The molecule has 0 spiro atoms. The summed E-state index contributed by atoms with van der Waals surface area (Å²) in [6.45, 7) is 1.42. The van der Waals surface area contributed by atoms with Crippen molar-refractivity contribution < 1.29 is 31.4 Å². The Labute approximate surface area is 194 Å². The maximum absolute atomic E-state index is 15.0. The topological polar surface area (TPSA) is 73.4 Å². The van der Waals surface area contributed by atoms with Gasteiger partial charge in [0.1, 0.15) is 5.75 Å². The quantitative estimate of drug-likeness (QED) is 0.388. The molecule has 0 saturated heterocycles. The van der Waals surface area contributed by atoms with Crippen molar-refractivity contribution in [3.63, 3.8) is 0 Å². The number of rotatable bonds is 6. The zero-order chi connectivity index (χ0) is 24.8. The Balaban J connectivity index is 1.39. The highest BCUT2D eigenvalue weighted by Gasteiger charge is 2.40. The van der Waals surface area contributed by atoms with E-state index in [4.69, 9.17) is 4.74 Å². The Kier molecular flexibility index (Phi) is 5.47. The van der Waals surface area contributed by atoms with Crippen LogP contribution in [0.4, 0.5) is 22.0 Å². The van der Waals surface area contributed by atoms with Crippen LogP contribution in [0.25, 0.3) is 16.8 Å². The summed E-state index contributed by atoms with van der Waals surface area (Å²) in [5.41, 5.74) is 2.72. The van der Waals surface area contributed by atoms with Gasteiger partial charge >= 0.3 is 12.5 Å². The molecule has 3 aromatic rings. The van der Waals surface area contributed by atoms with Gasteiger partial charge in [0.2, 0.25) is 5.82 Å². The molecule has 1 atom stereocenters. The molecule has 2 aliphatic rings. The third-order valence-electron chi connectivity index (χ3n) is 5.45. The van der Waals surface area contributed by atoms with Gasteiger partial charge in [-0.15, -0.1) is 23.4 Å². The molecule has 7 nitrogen and oxygen atoms in total. The van der Waals surface area contributed by atoms with Gasteiger partial charge in [-0.3, -0.25) is 4.40 Å². The van der Waals surface area contributed by atoms with Crippen LogP contribution in [0.1, 0.15) is 12.7 Å². The first kappa shape index (κ1) is 22.8. The lowest BCUT2D eigenvalue weighted by molar-refractivity contribution is -0.274. The molecule has 35 heavy (non-hydrogen) atoms. The van der Waals surface area contributed by atoms with Gasteiger partial charge in [-0.05, 0) is 41.5 Å². The van der Waals surface area contributed by atoms with Gasteiger partial charge < -0.3 is 9.47 Å². The Morgan fingerprint density at radius 2 is 1.69 bits per heavy atom. The molecule has 3 heterocycles. The summed E-state index contributed by atoms with van der Waals surface area (Å²) in [5, 5.41) is 15.3. The van der Waals surface area contributed by atoms with Crippen LogP contribution in [-0.4, -0.2) is 27.6 Å². The molecule has 0 radical (unpaired) electrons. The number of fused-ring (bicyclic) bond motifs is 2. The van der Waals surface area contributed by atoms with Gasteiger partial charge in [-0.2, -0.15) is 19.0 Å². The normalized spacial score (nSPS) is 17.8. The van der Waals surface area contributed by atoms with E-state index in [0.717, 1.165) is 22.1 Å². The second-order valence-electron chi connectivity index (χ2n) is 7.83. The average molecular weight is 489 g/mol. The Morgan fingerprint density at radius 3 is 2.43 bits per heavy atom. The first-order chi connectivity index (χ1) is 16.6. The number of hydrogen-bond donors (Lipinski definition) is 0. The minimum absolute atomic E-state index is 0.0402. The standard InChI is InChI=1S/C23H16F5N5O2/c1-13-3-2-4-17-20(13)18(30-29-17)12-34-22(24,25)21-32-31-19-10-7-15(11-33(19)21)14-5-8-16(9-6-14)35-23(26,27)28/h2-11,13H,12H2,1H3. The molecular weight excluding hydrogens is 473 g/mol. The summed E-state index contributed by atoms with van der Waals surface area (Å²) in [7, 11) is 0. The molecule has 0 amide bonds. The predicted molar refractivity (Wildman–Crippen MR) is 113 cm³/mol. The number of allylic oxidation sites excluding steroid dienone is 4. The number of pyridine rings is 1. The van der Waals surface area contributed by atoms with Crippen molar-refractivity contribution >= 4 is 5.65 Å². The fourth-order valence-corrected chi connectivity index (χ4v) is 3.84. The van der Waals surface area contributed by atoms with Gasteiger partial charge in [0.25, 0.3) is 0 Å². The fourth-order valence-electron chi connectivity index (χ4n) is 3.84. The average Bonchev–Trinajstić information content (AvgIpc) is 3.42. The number of azo groups is 1. The van der Waals surface area contributed by atoms with Crippen LogP contribution in [0.15, 0.2) is 88.0 Å². The van der Waals surface area contributed by atoms with Crippen LogP contribution in [0.5, 0.6) is 5.75 Å².